The number of aromatic nitrogens is 2. The lowest BCUT2D eigenvalue weighted by Gasteiger charge is -2.15. The highest BCUT2D eigenvalue weighted by molar-refractivity contribution is 8.00. The van der Waals surface area contributed by atoms with Gasteiger partial charge in [-0.15, -0.1) is 0 Å². The monoisotopic (exact) mass is 454 g/mol. The first-order valence-corrected chi connectivity index (χ1v) is 11.4. The lowest BCUT2D eigenvalue weighted by molar-refractivity contribution is -0.890. The Morgan fingerprint density at radius 3 is 2.66 bits per heavy atom. The smallest absolute Gasteiger partial charge is 0.326 e. The molecule has 0 saturated heterocycles. The second kappa shape index (κ2) is 8.35. The van der Waals surface area contributed by atoms with Crippen molar-refractivity contribution in [3.05, 3.63) is 72.1 Å². The van der Waals surface area contributed by atoms with Gasteiger partial charge < -0.3 is 14.7 Å². The van der Waals surface area contributed by atoms with E-state index in [1.165, 1.54) is 16.9 Å². The SMILES string of the molecule is CCSNc1ccc(Oc2ccc(F)cc2F)c(-c2cc(C3CC3)[n+](O)c3[nH]ccc23)c1. The van der Waals surface area contributed by atoms with Crippen LogP contribution in [-0.2, 0) is 0 Å². The number of fused-ring (bicyclic) bond motifs is 1. The van der Waals surface area contributed by atoms with Gasteiger partial charge in [-0.1, -0.05) is 18.9 Å². The van der Waals surface area contributed by atoms with Gasteiger partial charge in [0.2, 0.25) is 0 Å². The third kappa shape index (κ3) is 3.86. The number of nitrogens with one attached hydrogen (secondary N) is 2. The molecule has 4 aromatic rings. The molecule has 0 unspecified atom stereocenters. The van der Waals surface area contributed by atoms with Crippen LogP contribution in [0.5, 0.6) is 11.5 Å². The van der Waals surface area contributed by atoms with Gasteiger partial charge in [-0.05, 0) is 60.0 Å². The van der Waals surface area contributed by atoms with Gasteiger partial charge in [-0.2, -0.15) is 0 Å². The molecule has 8 heteroatoms. The average molecular weight is 455 g/mol. The molecule has 2 aromatic heterocycles. The van der Waals surface area contributed by atoms with Gasteiger partial charge in [0.05, 0.1) is 11.6 Å². The topological polar surface area (TPSA) is 61.2 Å². The molecule has 3 N–H and O–H groups in total. The fraction of sp³-hybridized carbons (Fsp3) is 0.208. The highest BCUT2D eigenvalue weighted by Crippen LogP contribution is 2.43. The second-order valence-corrected chi connectivity index (χ2v) is 8.80. The first-order chi connectivity index (χ1) is 15.5. The first kappa shape index (κ1) is 20.6. The van der Waals surface area contributed by atoms with Crippen LogP contribution in [0.4, 0.5) is 14.5 Å². The molecular weight excluding hydrogens is 432 g/mol. The van der Waals surface area contributed by atoms with Crippen LogP contribution in [0.1, 0.15) is 31.4 Å². The Morgan fingerprint density at radius 2 is 1.91 bits per heavy atom. The van der Waals surface area contributed by atoms with Gasteiger partial charge in [0.15, 0.2) is 17.3 Å². The van der Waals surface area contributed by atoms with Crippen LogP contribution in [0.3, 0.4) is 0 Å². The summed E-state index contributed by atoms with van der Waals surface area (Å²) in [5, 5.41) is 11.5. The van der Waals surface area contributed by atoms with Crippen molar-refractivity contribution >= 4 is 28.7 Å². The maximum Gasteiger partial charge on any atom is 0.326 e. The average Bonchev–Trinajstić information content (AvgIpc) is 3.50. The molecule has 0 bridgehead atoms. The Hall–Kier alpha value is -3.26. The van der Waals surface area contributed by atoms with E-state index < -0.39 is 11.6 Å². The van der Waals surface area contributed by atoms with E-state index in [-0.39, 0.29) is 5.75 Å². The van der Waals surface area contributed by atoms with Crippen LogP contribution >= 0.6 is 11.9 Å². The zero-order valence-electron chi connectivity index (χ0n) is 17.4. The zero-order valence-corrected chi connectivity index (χ0v) is 18.2. The number of benzene rings is 2. The minimum atomic E-state index is -0.772. The van der Waals surface area contributed by atoms with Crippen LogP contribution in [0.15, 0.2) is 54.7 Å². The molecule has 0 atom stereocenters. The second-order valence-electron chi connectivity index (χ2n) is 7.73. The third-order valence-corrected chi connectivity index (χ3v) is 6.15. The van der Waals surface area contributed by atoms with E-state index in [2.05, 4.69) is 16.6 Å². The van der Waals surface area contributed by atoms with Crippen LogP contribution in [0, 0.1) is 11.6 Å². The van der Waals surface area contributed by atoms with Crippen LogP contribution < -0.4 is 14.2 Å². The van der Waals surface area contributed by atoms with E-state index in [0.29, 0.717) is 17.3 Å². The van der Waals surface area contributed by atoms with Gasteiger partial charge >= 0.3 is 5.65 Å². The van der Waals surface area contributed by atoms with Crippen LogP contribution in [0.25, 0.3) is 22.2 Å². The summed E-state index contributed by atoms with van der Waals surface area (Å²) in [6.45, 7) is 2.05. The maximum absolute atomic E-state index is 14.3. The normalized spacial score (nSPS) is 13.5. The summed E-state index contributed by atoms with van der Waals surface area (Å²) in [6, 6.07) is 12.7. The summed E-state index contributed by atoms with van der Waals surface area (Å²) in [6.07, 6.45) is 3.81. The molecule has 1 saturated carbocycles. The minimum Gasteiger partial charge on any atom is -0.454 e. The lowest BCUT2D eigenvalue weighted by Crippen LogP contribution is -2.36. The molecule has 5 rings (SSSR count). The largest absolute Gasteiger partial charge is 0.454 e. The van der Waals surface area contributed by atoms with E-state index in [1.807, 2.05) is 24.3 Å². The molecule has 0 radical (unpaired) electrons. The van der Waals surface area contributed by atoms with Gasteiger partial charge in [0.25, 0.3) is 0 Å². The summed E-state index contributed by atoms with van der Waals surface area (Å²) in [4.78, 5) is 3.11. The number of hydrogen-bond acceptors (Lipinski definition) is 4. The summed E-state index contributed by atoms with van der Waals surface area (Å²) < 4.78 is 38.1. The van der Waals surface area contributed by atoms with Crippen LogP contribution in [-0.4, -0.2) is 15.9 Å². The van der Waals surface area contributed by atoms with Gasteiger partial charge in [-0.25, -0.2) is 13.8 Å². The highest BCUT2D eigenvalue weighted by Gasteiger charge is 2.33. The zero-order chi connectivity index (χ0) is 22.2. The Kier molecular flexibility index (Phi) is 5.38. The first-order valence-electron chi connectivity index (χ1n) is 10.5. The van der Waals surface area contributed by atoms with E-state index in [9.17, 15) is 14.0 Å². The van der Waals surface area contributed by atoms with Crippen molar-refractivity contribution < 1.29 is 23.5 Å². The minimum absolute atomic E-state index is 0.0582. The molecule has 1 aliphatic rings. The Balaban J connectivity index is 1.68. The molecule has 2 heterocycles. The molecule has 0 spiro atoms. The van der Waals surface area contributed by atoms with Crippen molar-refractivity contribution in [3.63, 3.8) is 0 Å². The summed E-state index contributed by atoms with van der Waals surface area (Å²) in [7, 11) is 0. The summed E-state index contributed by atoms with van der Waals surface area (Å²) in [5.41, 5.74) is 3.87. The molecule has 0 amide bonds. The van der Waals surface area contributed by atoms with E-state index in [1.54, 1.807) is 24.2 Å². The van der Waals surface area contributed by atoms with Crippen molar-refractivity contribution in [2.24, 2.45) is 0 Å². The van der Waals surface area contributed by atoms with Crippen molar-refractivity contribution in [1.29, 1.82) is 0 Å². The number of H-pyrrole nitrogens is 1. The van der Waals surface area contributed by atoms with Crippen LogP contribution in [0.2, 0.25) is 0 Å². The van der Waals surface area contributed by atoms with E-state index in [0.717, 1.165) is 52.6 Å². The van der Waals surface area contributed by atoms with Crippen molar-refractivity contribution in [2.75, 3.05) is 10.5 Å². The van der Waals surface area contributed by atoms with E-state index in [4.69, 9.17) is 4.74 Å². The molecular formula is C24H22F2N3O2S+. The van der Waals surface area contributed by atoms with Crippen molar-refractivity contribution in [1.82, 2.24) is 4.98 Å². The summed E-state index contributed by atoms with van der Waals surface area (Å²) >= 11 is 1.56. The van der Waals surface area contributed by atoms with Crippen molar-refractivity contribution in [3.8, 4) is 22.6 Å². The number of aromatic amines is 1. The maximum atomic E-state index is 14.3. The molecule has 1 fully saturated rings. The number of nitrogens with zero attached hydrogens (tertiary/aromatic N) is 1. The Bertz CT molecular complexity index is 1300. The molecule has 1 aliphatic carbocycles. The fourth-order valence-corrected chi connectivity index (χ4v) is 4.22. The number of hydrogen-bond donors (Lipinski definition) is 3. The van der Waals surface area contributed by atoms with Gasteiger partial charge in [0, 0.05) is 34.6 Å². The predicted octanol–water partition coefficient (Wildman–Crippen LogP) is 6.39. The number of ether oxygens (including phenoxy) is 1. The highest BCUT2D eigenvalue weighted by atomic mass is 32.2. The molecule has 164 valence electrons. The van der Waals surface area contributed by atoms with E-state index >= 15 is 0 Å². The quantitative estimate of drug-likeness (QED) is 0.172. The number of anilines is 1. The standard InChI is InChI=1S/C24H21F2N3O2S/c1-2-32-28-16-6-8-22(31-23-7-5-15(25)11-20(23)26)19(12-16)18-13-21(14-3-4-14)29(30)24-17(18)9-10-27-24/h5-14,28,30H,2-4H2,1H3/p+1. The molecule has 32 heavy (non-hydrogen) atoms. The Morgan fingerprint density at radius 1 is 1.09 bits per heavy atom. The molecule has 0 aliphatic heterocycles. The number of rotatable bonds is 7. The predicted molar refractivity (Wildman–Crippen MR) is 121 cm³/mol. The molecule has 2 aromatic carbocycles. The number of pyridine rings is 1. The molecule has 5 nitrogen and oxygen atoms in total. The van der Waals surface area contributed by atoms with Gasteiger partial charge in [0.1, 0.15) is 11.6 Å². The number of halogens is 2. The third-order valence-electron chi connectivity index (χ3n) is 5.48. The summed E-state index contributed by atoms with van der Waals surface area (Å²) in [5.74, 6) is 0.122. The fourth-order valence-electron chi connectivity index (χ4n) is 3.79. The lowest BCUT2D eigenvalue weighted by atomic mass is 10.00. The van der Waals surface area contributed by atoms with Gasteiger partial charge in [-0.3, -0.25) is 0 Å². The Labute approximate surface area is 188 Å². The van der Waals surface area contributed by atoms with Crippen molar-refractivity contribution in [2.45, 2.75) is 25.7 Å².